The van der Waals surface area contributed by atoms with E-state index >= 15 is 0 Å². The third-order valence-corrected chi connectivity index (χ3v) is 7.89. The molecule has 2 bridgehead atoms. The van der Waals surface area contributed by atoms with Crippen LogP contribution in [0.1, 0.15) is 22.6 Å². The van der Waals surface area contributed by atoms with Crippen LogP contribution >= 0.6 is 23.1 Å². The maximum Gasteiger partial charge on any atom is 0.280 e. The first-order valence-electron chi connectivity index (χ1n) is 9.93. The molecular weight excluding hydrogens is 433 g/mol. The van der Waals surface area contributed by atoms with E-state index < -0.39 is 0 Å². The van der Waals surface area contributed by atoms with Gasteiger partial charge in [-0.1, -0.05) is 11.8 Å². The van der Waals surface area contributed by atoms with Crippen molar-refractivity contribution in [2.45, 2.75) is 34.7 Å². The van der Waals surface area contributed by atoms with Crippen LogP contribution in [-0.4, -0.2) is 39.4 Å². The van der Waals surface area contributed by atoms with Crippen molar-refractivity contribution in [1.29, 1.82) is 5.26 Å². The van der Waals surface area contributed by atoms with Crippen LogP contribution in [0.2, 0.25) is 0 Å². The lowest BCUT2D eigenvalue weighted by Crippen LogP contribution is -2.42. The number of likely N-dealkylation sites (tertiary alicyclic amines) is 1. The smallest absolute Gasteiger partial charge is 0.280 e. The van der Waals surface area contributed by atoms with Crippen molar-refractivity contribution in [3.63, 3.8) is 0 Å². The van der Waals surface area contributed by atoms with E-state index in [0.717, 1.165) is 39.6 Å². The Labute approximate surface area is 187 Å². The first-order valence-corrected chi connectivity index (χ1v) is 11.6. The monoisotopic (exact) mass is 451 g/mol. The van der Waals surface area contributed by atoms with Crippen molar-refractivity contribution in [2.75, 3.05) is 6.54 Å². The molecule has 2 fully saturated rings. The number of hydrogen-bond acceptors (Lipinski definition) is 7. The molecule has 1 amide bonds. The number of amides is 1. The Morgan fingerprint density at radius 3 is 2.87 bits per heavy atom. The number of nitriles is 1. The van der Waals surface area contributed by atoms with Gasteiger partial charge in [0.15, 0.2) is 11.2 Å². The molecule has 1 saturated carbocycles. The van der Waals surface area contributed by atoms with Crippen molar-refractivity contribution in [1.82, 2.24) is 20.2 Å². The molecule has 2 aromatic heterocycles. The van der Waals surface area contributed by atoms with Gasteiger partial charge in [0.05, 0.1) is 17.0 Å². The van der Waals surface area contributed by atoms with Crippen LogP contribution in [0.4, 0.5) is 4.39 Å². The number of piperidine rings is 1. The molecular formula is C22H18FN5OS2. The summed E-state index contributed by atoms with van der Waals surface area (Å²) in [4.78, 5) is 25.9. The highest BCUT2D eigenvalue weighted by molar-refractivity contribution is 7.99. The van der Waals surface area contributed by atoms with Gasteiger partial charge in [-0.3, -0.25) is 9.78 Å². The second kappa shape index (κ2) is 8.29. The summed E-state index contributed by atoms with van der Waals surface area (Å²) in [7, 11) is 0. The number of thiazole rings is 1. The van der Waals surface area contributed by atoms with E-state index in [1.165, 1.54) is 35.2 Å². The standard InChI is InChI=1S/C22H18FN5OS2/c23-14-2-4-15(5-3-14)30-18-9-25-8-7-16(18)19-10-26-22(31-19)21(29)27-20-13-1-6-17(20)28(11-13)12-24/h2-5,7-10,13,17,20H,1,6,11H2,(H,27,29)/t13?,17?,20-/m1/s1. The number of carbonyl (C=O) groups is 1. The van der Waals surface area contributed by atoms with Crippen LogP contribution in [-0.2, 0) is 0 Å². The van der Waals surface area contributed by atoms with Crippen LogP contribution in [0.15, 0.2) is 58.7 Å². The molecule has 156 valence electrons. The summed E-state index contributed by atoms with van der Waals surface area (Å²) in [6, 6.07) is 8.30. The number of halogens is 1. The second-order valence-electron chi connectivity index (χ2n) is 7.61. The van der Waals surface area contributed by atoms with Crippen LogP contribution in [0, 0.1) is 23.2 Å². The minimum Gasteiger partial charge on any atom is -0.345 e. The minimum absolute atomic E-state index is 0.00465. The molecule has 1 aliphatic carbocycles. The predicted molar refractivity (Wildman–Crippen MR) is 116 cm³/mol. The van der Waals surface area contributed by atoms with Gasteiger partial charge in [0, 0.05) is 40.5 Å². The van der Waals surface area contributed by atoms with E-state index in [0.29, 0.717) is 10.9 Å². The Balaban J connectivity index is 1.34. The number of pyridine rings is 1. The molecule has 1 saturated heterocycles. The van der Waals surface area contributed by atoms with Crippen LogP contribution in [0.5, 0.6) is 0 Å². The number of nitrogens with one attached hydrogen (secondary N) is 1. The lowest BCUT2D eigenvalue weighted by Gasteiger charge is -2.21. The second-order valence-corrected chi connectivity index (χ2v) is 9.76. The predicted octanol–water partition coefficient (Wildman–Crippen LogP) is 4.17. The topological polar surface area (TPSA) is 81.9 Å². The number of rotatable bonds is 5. The molecule has 3 atom stereocenters. The summed E-state index contributed by atoms with van der Waals surface area (Å²) in [6.45, 7) is 0.718. The molecule has 3 aromatic rings. The van der Waals surface area contributed by atoms with Crippen LogP contribution in [0.3, 0.4) is 0 Å². The number of hydrogen-bond donors (Lipinski definition) is 1. The molecule has 9 heteroatoms. The maximum atomic E-state index is 13.2. The van der Waals surface area contributed by atoms with Crippen LogP contribution in [0.25, 0.3) is 10.4 Å². The number of carbonyl (C=O) groups excluding carboxylic acids is 1. The molecule has 0 radical (unpaired) electrons. The molecule has 2 aliphatic rings. The normalized spacial score (nSPS) is 21.8. The summed E-state index contributed by atoms with van der Waals surface area (Å²) in [5.41, 5.74) is 0.928. The Kier molecular flexibility index (Phi) is 5.34. The van der Waals surface area contributed by atoms with E-state index in [1.54, 1.807) is 35.6 Å². The first kappa shape index (κ1) is 20.0. The summed E-state index contributed by atoms with van der Waals surface area (Å²) in [5.74, 6) is -0.144. The Bertz CT molecular complexity index is 1160. The quantitative estimate of drug-likeness (QED) is 0.587. The Morgan fingerprint density at radius 2 is 2.10 bits per heavy atom. The average Bonchev–Trinajstić information content (AvgIpc) is 3.51. The van der Waals surface area contributed by atoms with E-state index in [1.807, 2.05) is 6.07 Å². The fourth-order valence-electron chi connectivity index (χ4n) is 4.34. The average molecular weight is 452 g/mol. The zero-order valence-electron chi connectivity index (χ0n) is 16.4. The fraction of sp³-hybridized carbons (Fsp3) is 0.273. The van der Waals surface area contributed by atoms with E-state index in [2.05, 4.69) is 21.5 Å². The van der Waals surface area contributed by atoms with E-state index in [-0.39, 0.29) is 23.8 Å². The number of aromatic nitrogens is 2. The summed E-state index contributed by atoms with van der Waals surface area (Å²) >= 11 is 2.82. The number of nitrogens with zero attached hydrogens (tertiary/aromatic N) is 4. The zero-order valence-corrected chi connectivity index (χ0v) is 18.0. The van der Waals surface area contributed by atoms with E-state index in [9.17, 15) is 14.4 Å². The zero-order chi connectivity index (χ0) is 21.4. The summed E-state index contributed by atoms with van der Waals surface area (Å²) in [6.07, 6.45) is 9.38. The van der Waals surface area contributed by atoms with Gasteiger partial charge in [0.25, 0.3) is 5.91 Å². The highest BCUT2D eigenvalue weighted by atomic mass is 32.2. The van der Waals surface area contributed by atoms with Crippen molar-refractivity contribution in [2.24, 2.45) is 5.92 Å². The molecule has 3 heterocycles. The van der Waals surface area contributed by atoms with Crippen LogP contribution < -0.4 is 5.32 Å². The van der Waals surface area contributed by atoms with Gasteiger partial charge in [-0.05, 0) is 49.1 Å². The third kappa shape index (κ3) is 3.89. The van der Waals surface area contributed by atoms with Gasteiger partial charge in [-0.15, -0.1) is 11.3 Å². The Morgan fingerprint density at radius 1 is 1.26 bits per heavy atom. The van der Waals surface area contributed by atoms with Gasteiger partial charge in [0.2, 0.25) is 0 Å². The van der Waals surface area contributed by atoms with Crippen molar-refractivity contribution in [3.05, 3.63) is 59.7 Å². The largest absolute Gasteiger partial charge is 0.345 e. The van der Waals surface area contributed by atoms with E-state index in [4.69, 9.17) is 0 Å². The lowest BCUT2D eigenvalue weighted by molar-refractivity contribution is 0.0929. The highest BCUT2D eigenvalue weighted by Crippen LogP contribution is 2.39. The van der Waals surface area contributed by atoms with Gasteiger partial charge in [-0.2, -0.15) is 5.26 Å². The number of benzene rings is 1. The molecule has 1 aromatic carbocycles. The number of fused-ring (bicyclic) bond motifs is 2. The fourth-order valence-corrected chi connectivity index (χ4v) is 6.19. The molecule has 1 N–H and O–H groups in total. The molecule has 0 spiro atoms. The molecule has 5 rings (SSSR count). The molecule has 6 nitrogen and oxygen atoms in total. The molecule has 1 aliphatic heterocycles. The maximum absolute atomic E-state index is 13.2. The third-order valence-electron chi connectivity index (χ3n) is 5.80. The molecule has 31 heavy (non-hydrogen) atoms. The summed E-state index contributed by atoms with van der Waals surface area (Å²) < 4.78 is 13.2. The van der Waals surface area contributed by atoms with Gasteiger partial charge >= 0.3 is 0 Å². The van der Waals surface area contributed by atoms with Crippen molar-refractivity contribution in [3.8, 4) is 16.6 Å². The van der Waals surface area contributed by atoms with Gasteiger partial charge in [0.1, 0.15) is 5.82 Å². The summed E-state index contributed by atoms with van der Waals surface area (Å²) in [5, 5.41) is 12.8. The lowest BCUT2D eigenvalue weighted by atomic mass is 10.1. The SMILES string of the molecule is N#CN1CC2CCC1[C@@H]2NC(=O)c1ncc(-c2ccncc2Sc2ccc(F)cc2)s1. The van der Waals surface area contributed by atoms with Crippen molar-refractivity contribution < 1.29 is 9.18 Å². The van der Waals surface area contributed by atoms with Crippen molar-refractivity contribution >= 4 is 29.0 Å². The highest BCUT2D eigenvalue weighted by Gasteiger charge is 2.47. The molecule has 2 unspecified atom stereocenters. The van der Waals surface area contributed by atoms with Gasteiger partial charge in [-0.25, -0.2) is 9.37 Å². The van der Waals surface area contributed by atoms with Gasteiger partial charge < -0.3 is 10.2 Å². The Hall–Kier alpha value is -2.96. The first-order chi connectivity index (χ1) is 15.1. The minimum atomic E-state index is -0.275.